The largest absolute Gasteiger partial charge is 0.506 e. The Morgan fingerprint density at radius 1 is 1.40 bits per heavy atom. The van der Waals surface area contributed by atoms with Gasteiger partial charge in [-0.3, -0.25) is 10.1 Å². The molecule has 0 aliphatic heterocycles. The van der Waals surface area contributed by atoms with Crippen molar-refractivity contribution in [1.29, 1.82) is 0 Å². The van der Waals surface area contributed by atoms with Crippen LogP contribution in [-0.4, -0.2) is 15.0 Å². The number of hydrogen-bond acceptors (Lipinski definition) is 4. The van der Waals surface area contributed by atoms with E-state index in [1.165, 1.54) is 18.2 Å². The molecule has 0 saturated carbocycles. The minimum atomic E-state index is -0.476. The Morgan fingerprint density at radius 2 is 2.13 bits per heavy atom. The topological polar surface area (TPSA) is 76.3 Å². The van der Waals surface area contributed by atoms with Crippen LogP contribution in [0.25, 0.3) is 10.9 Å². The second-order valence-corrected chi connectivity index (χ2v) is 3.23. The Morgan fingerprint density at radius 3 is 2.80 bits per heavy atom. The molecule has 2 rings (SSSR count). The van der Waals surface area contributed by atoms with E-state index in [0.29, 0.717) is 16.6 Å². The predicted octanol–water partition coefficient (Wildman–Crippen LogP) is 2.16. The van der Waals surface area contributed by atoms with Gasteiger partial charge in [0.2, 0.25) is 0 Å². The molecule has 1 aromatic heterocycles. The highest BCUT2D eigenvalue weighted by Gasteiger charge is 2.08. The predicted molar refractivity (Wildman–Crippen MR) is 54.8 cm³/mol. The number of non-ortho nitro benzene ring substituents is 1. The summed E-state index contributed by atoms with van der Waals surface area (Å²) in [6, 6.07) is 5.83. The van der Waals surface area contributed by atoms with Gasteiger partial charge in [0.15, 0.2) is 0 Å². The number of aromatic nitrogens is 1. The number of nitro groups is 1. The molecule has 1 heterocycles. The average Bonchev–Trinajstić information content (AvgIpc) is 2.19. The van der Waals surface area contributed by atoms with E-state index in [1.54, 1.807) is 13.0 Å². The Labute approximate surface area is 85.1 Å². The van der Waals surface area contributed by atoms with Crippen LogP contribution in [-0.2, 0) is 0 Å². The van der Waals surface area contributed by atoms with Crippen molar-refractivity contribution in [1.82, 2.24) is 4.98 Å². The lowest BCUT2D eigenvalue weighted by molar-refractivity contribution is -0.384. The summed E-state index contributed by atoms with van der Waals surface area (Å²) in [6.45, 7) is 1.68. The van der Waals surface area contributed by atoms with Gasteiger partial charge in [0.05, 0.1) is 16.1 Å². The molecule has 76 valence electrons. The Balaban J connectivity index is 2.72. The molecule has 0 aliphatic rings. The molecule has 5 heteroatoms. The number of aromatic hydroxyl groups is 1. The lowest BCUT2D eigenvalue weighted by Crippen LogP contribution is -1.89. The Bertz CT molecular complexity index is 552. The average molecular weight is 204 g/mol. The van der Waals surface area contributed by atoms with Crippen LogP contribution in [0.5, 0.6) is 5.75 Å². The fourth-order valence-corrected chi connectivity index (χ4v) is 1.36. The van der Waals surface area contributed by atoms with Crippen LogP contribution in [0.4, 0.5) is 5.69 Å². The van der Waals surface area contributed by atoms with E-state index < -0.39 is 4.92 Å². The van der Waals surface area contributed by atoms with Gasteiger partial charge in [-0.25, -0.2) is 4.98 Å². The Kier molecular flexibility index (Phi) is 2.00. The molecule has 0 aliphatic carbocycles. The molecule has 0 saturated heterocycles. The first kappa shape index (κ1) is 9.39. The number of benzene rings is 1. The minimum Gasteiger partial charge on any atom is -0.506 e. The van der Waals surface area contributed by atoms with Gasteiger partial charge in [0.1, 0.15) is 5.75 Å². The second-order valence-electron chi connectivity index (χ2n) is 3.23. The third-order valence-corrected chi connectivity index (χ3v) is 2.17. The van der Waals surface area contributed by atoms with Crippen LogP contribution in [0.1, 0.15) is 5.69 Å². The number of nitro benzene ring substituents is 1. The summed E-state index contributed by atoms with van der Waals surface area (Å²) in [5.74, 6) is 0.0444. The first-order chi connectivity index (χ1) is 7.08. The van der Waals surface area contributed by atoms with Crippen LogP contribution in [0.3, 0.4) is 0 Å². The first-order valence-electron chi connectivity index (χ1n) is 4.32. The highest BCUT2D eigenvalue weighted by molar-refractivity contribution is 5.82. The molecular formula is C10H8N2O3. The fourth-order valence-electron chi connectivity index (χ4n) is 1.36. The van der Waals surface area contributed by atoms with Crippen LogP contribution >= 0.6 is 0 Å². The van der Waals surface area contributed by atoms with Crippen molar-refractivity contribution in [2.24, 2.45) is 0 Å². The number of hydrogen-bond donors (Lipinski definition) is 1. The molecule has 0 atom stereocenters. The standard InChI is InChI=1S/C10H8N2O3/c1-6-10(13)5-7-4-8(12(14)15)2-3-9(7)11-6/h2-5,13H,1H3. The second kappa shape index (κ2) is 3.20. The summed E-state index contributed by atoms with van der Waals surface area (Å²) in [5, 5.41) is 20.5. The van der Waals surface area contributed by atoms with Crippen molar-refractivity contribution in [3.63, 3.8) is 0 Å². The van der Waals surface area contributed by atoms with Gasteiger partial charge in [0, 0.05) is 17.5 Å². The van der Waals surface area contributed by atoms with Crippen LogP contribution in [0.15, 0.2) is 24.3 Å². The smallest absolute Gasteiger partial charge is 0.270 e. The van der Waals surface area contributed by atoms with Crippen LogP contribution < -0.4 is 0 Å². The maximum atomic E-state index is 10.5. The summed E-state index contributed by atoms with van der Waals surface area (Å²) in [7, 11) is 0. The van der Waals surface area contributed by atoms with E-state index in [0.717, 1.165) is 0 Å². The fraction of sp³-hybridized carbons (Fsp3) is 0.100. The molecule has 5 nitrogen and oxygen atoms in total. The SMILES string of the molecule is Cc1nc2ccc([N+](=O)[O-])cc2cc1O. The summed E-state index contributed by atoms with van der Waals surface area (Å²) >= 11 is 0. The maximum Gasteiger partial charge on any atom is 0.270 e. The van der Waals surface area contributed by atoms with E-state index in [9.17, 15) is 15.2 Å². The van der Waals surface area contributed by atoms with Crippen LogP contribution in [0.2, 0.25) is 0 Å². The van der Waals surface area contributed by atoms with Gasteiger partial charge >= 0.3 is 0 Å². The molecular weight excluding hydrogens is 196 g/mol. The first-order valence-corrected chi connectivity index (χ1v) is 4.32. The highest BCUT2D eigenvalue weighted by atomic mass is 16.6. The van der Waals surface area contributed by atoms with E-state index in [1.807, 2.05) is 0 Å². The molecule has 0 amide bonds. The van der Waals surface area contributed by atoms with Crippen molar-refractivity contribution < 1.29 is 10.0 Å². The number of nitrogens with zero attached hydrogens (tertiary/aromatic N) is 2. The maximum absolute atomic E-state index is 10.5. The Hall–Kier alpha value is -2.17. The molecule has 1 aromatic carbocycles. The zero-order valence-electron chi connectivity index (χ0n) is 7.97. The van der Waals surface area contributed by atoms with E-state index in [-0.39, 0.29) is 11.4 Å². The monoisotopic (exact) mass is 204 g/mol. The van der Waals surface area contributed by atoms with Crippen molar-refractivity contribution in [3.05, 3.63) is 40.1 Å². The normalized spacial score (nSPS) is 10.5. The zero-order valence-corrected chi connectivity index (χ0v) is 7.97. The summed E-state index contributed by atoms with van der Waals surface area (Å²) in [4.78, 5) is 14.1. The number of aryl methyl sites for hydroxylation is 1. The van der Waals surface area contributed by atoms with Gasteiger partial charge in [-0.2, -0.15) is 0 Å². The van der Waals surface area contributed by atoms with Crippen LogP contribution in [0, 0.1) is 17.0 Å². The molecule has 0 bridgehead atoms. The van der Waals surface area contributed by atoms with Crippen molar-refractivity contribution in [3.8, 4) is 5.75 Å². The van der Waals surface area contributed by atoms with E-state index in [2.05, 4.69) is 4.98 Å². The van der Waals surface area contributed by atoms with Gasteiger partial charge in [-0.05, 0) is 19.1 Å². The lowest BCUT2D eigenvalue weighted by Gasteiger charge is -2.01. The molecule has 0 radical (unpaired) electrons. The molecule has 15 heavy (non-hydrogen) atoms. The third-order valence-electron chi connectivity index (χ3n) is 2.17. The molecule has 0 unspecified atom stereocenters. The van der Waals surface area contributed by atoms with Crippen molar-refractivity contribution >= 4 is 16.6 Å². The molecule has 2 aromatic rings. The number of rotatable bonds is 1. The zero-order chi connectivity index (χ0) is 11.0. The third kappa shape index (κ3) is 1.59. The van der Waals surface area contributed by atoms with Gasteiger partial charge in [-0.15, -0.1) is 0 Å². The van der Waals surface area contributed by atoms with Gasteiger partial charge in [-0.1, -0.05) is 0 Å². The molecule has 0 spiro atoms. The molecule has 1 N–H and O–H groups in total. The van der Waals surface area contributed by atoms with E-state index in [4.69, 9.17) is 0 Å². The van der Waals surface area contributed by atoms with Crippen molar-refractivity contribution in [2.75, 3.05) is 0 Å². The summed E-state index contributed by atoms with van der Waals surface area (Å²) in [5.41, 5.74) is 1.14. The van der Waals surface area contributed by atoms with Gasteiger partial charge in [0.25, 0.3) is 5.69 Å². The highest BCUT2D eigenvalue weighted by Crippen LogP contribution is 2.24. The lowest BCUT2D eigenvalue weighted by atomic mass is 10.2. The number of fused-ring (bicyclic) bond motifs is 1. The number of pyridine rings is 1. The van der Waals surface area contributed by atoms with E-state index >= 15 is 0 Å². The van der Waals surface area contributed by atoms with Crippen molar-refractivity contribution in [2.45, 2.75) is 6.92 Å². The van der Waals surface area contributed by atoms with Gasteiger partial charge < -0.3 is 5.11 Å². The molecule has 0 fully saturated rings. The quantitative estimate of drug-likeness (QED) is 0.570. The minimum absolute atomic E-state index is 0.00690. The summed E-state index contributed by atoms with van der Waals surface area (Å²) < 4.78 is 0. The summed E-state index contributed by atoms with van der Waals surface area (Å²) in [6.07, 6.45) is 0.